The van der Waals surface area contributed by atoms with Crippen molar-refractivity contribution >= 4 is 17.9 Å². The molecule has 0 unspecified atom stereocenters. The third-order valence-corrected chi connectivity index (χ3v) is 2.05. The Morgan fingerprint density at radius 2 is 1.37 bits per heavy atom. The van der Waals surface area contributed by atoms with E-state index in [2.05, 4.69) is 4.74 Å². The zero-order valence-corrected chi connectivity index (χ0v) is 11.5. The van der Waals surface area contributed by atoms with Crippen molar-refractivity contribution in [2.45, 2.75) is 27.2 Å². The zero-order chi connectivity index (χ0) is 14.7. The molecule has 0 saturated heterocycles. The monoisotopic (exact) mass is 272 g/mol. The number of hydrogen-bond donors (Lipinski definition) is 0. The van der Waals surface area contributed by atoms with Gasteiger partial charge in [-0.1, -0.05) is 6.08 Å². The molecule has 0 aromatic heterocycles. The van der Waals surface area contributed by atoms with Gasteiger partial charge in [0.2, 0.25) is 0 Å². The molecule has 0 bridgehead atoms. The van der Waals surface area contributed by atoms with Gasteiger partial charge in [-0.3, -0.25) is 9.59 Å². The standard InChI is InChI=1S/C13H20O6/c1-4-17-11(14)9-7-8-10(12(15)18-5-2)13(16)19-6-3/h7,9-10H,4-6,8H2,1-3H3/b9-7+. The Kier molecular flexibility index (Phi) is 9.12. The average Bonchev–Trinajstić information content (AvgIpc) is 2.35. The van der Waals surface area contributed by atoms with E-state index in [4.69, 9.17) is 9.47 Å². The summed E-state index contributed by atoms with van der Waals surface area (Å²) in [6, 6.07) is 0. The minimum absolute atomic E-state index is 0.0382. The Morgan fingerprint density at radius 3 is 1.79 bits per heavy atom. The van der Waals surface area contributed by atoms with Crippen LogP contribution >= 0.6 is 0 Å². The Morgan fingerprint density at radius 1 is 0.895 bits per heavy atom. The molecule has 0 amide bonds. The van der Waals surface area contributed by atoms with E-state index in [9.17, 15) is 14.4 Å². The summed E-state index contributed by atoms with van der Waals surface area (Å²) in [4.78, 5) is 34.2. The summed E-state index contributed by atoms with van der Waals surface area (Å²) in [6.45, 7) is 5.60. The topological polar surface area (TPSA) is 78.9 Å². The lowest BCUT2D eigenvalue weighted by Crippen LogP contribution is -2.27. The van der Waals surface area contributed by atoms with Crippen LogP contribution in [0, 0.1) is 5.92 Å². The molecule has 6 heteroatoms. The molecule has 0 spiro atoms. The van der Waals surface area contributed by atoms with E-state index in [-0.39, 0.29) is 26.2 Å². The van der Waals surface area contributed by atoms with Gasteiger partial charge in [0.15, 0.2) is 5.92 Å². The quantitative estimate of drug-likeness (QED) is 0.286. The van der Waals surface area contributed by atoms with E-state index < -0.39 is 23.8 Å². The summed E-state index contributed by atoms with van der Waals surface area (Å²) in [6.07, 6.45) is 2.61. The fourth-order valence-electron chi connectivity index (χ4n) is 1.27. The minimum Gasteiger partial charge on any atom is -0.465 e. The summed E-state index contributed by atoms with van der Waals surface area (Å²) >= 11 is 0. The Labute approximate surface area is 112 Å². The van der Waals surface area contributed by atoms with Gasteiger partial charge in [0.25, 0.3) is 0 Å². The van der Waals surface area contributed by atoms with Crippen molar-refractivity contribution in [3.8, 4) is 0 Å². The molecule has 0 aliphatic carbocycles. The molecule has 0 heterocycles. The number of esters is 3. The van der Waals surface area contributed by atoms with Crippen LogP contribution in [-0.2, 0) is 28.6 Å². The van der Waals surface area contributed by atoms with Crippen LogP contribution in [0.4, 0.5) is 0 Å². The van der Waals surface area contributed by atoms with E-state index in [1.807, 2.05) is 0 Å². The van der Waals surface area contributed by atoms with Crippen molar-refractivity contribution in [2.24, 2.45) is 5.92 Å². The maximum absolute atomic E-state index is 11.6. The van der Waals surface area contributed by atoms with Crippen LogP contribution in [0.25, 0.3) is 0 Å². The first-order chi connectivity index (χ1) is 9.06. The number of allylic oxidation sites excluding steroid dienone is 1. The first kappa shape index (κ1) is 17.2. The van der Waals surface area contributed by atoms with Crippen molar-refractivity contribution in [3.05, 3.63) is 12.2 Å². The summed E-state index contributed by atoms with van der Waals surface area (Å²) in [5.74, 6) is -2.89. The van der Waals surface area contributed by atoms with Crippen LogP contribution in [0.5, 0.6) is 0 Å². The van der Waals surface area contributed by atoms with Gasteiger partial charge >= 0.3 is 17.9 Å². The van der Waals surface area contributed by atoms with E-state index in [1.165, 1.54) is 12.2 Å². The maximum atomic E-state index is 11.6. The molecule has 0 aliphatic rings. The van der Waals surface area contributed by atoms with Gasteiger partial charge in [-0.15, -0.1) is 0 Å². The Hall–Kier alpha value is -1.85. The number of ether oxygens (including phenoxy) is 3. The second kappa shape index (κ2) is 10.1. The van der Waals surface area contributed by atoms with Gasteiger partial charge in [-0.2, -0.15) is 0 Å². The second-order valence-corrected chi connectivity index (χ2v) is 3.45. The van der Waals surface area contributed by atoms with Crippen LogP contribution in [0.15, 0.2) is 12.2 Å². The van der Waals surface area contributed by atoms with Gasteiger partial charge in [0.05, 0.1) is 19.8 Å². The second-order valence-electron chi connectivity index (χ2n) is 3.45. The molecule has 0 radical (unpaired) electrons. The molecule has 108 valence electrons. The van der Waals surface area contributed by atoms with Gasteiger partial charge < -0.3 is 14.2 Å². The van der Waals surface area contributed by atoms with Crippen molar-refractivity contribution < 1.29 is 28.6 Å². The predicted molar refractivity (Wildman–Crippen MR) is 67.1 cm³/mol. The molecule has 0 atom stereocenters. The van der Waals surface area contributed by atoms with Crippen molar-refractivity contribution in [1.82, 2.24) is 0 Å². The van der Waals surface area contributed by atoms with Gasteiger partial charge in [0, 0.05) is 6.08 Å². The molecule has 0 aliphatic heterocycles. The average molecular weight is 272 g/mol. The molecule has 0 saturated carbocycles. The van der Waals surface area contributed by atoms with Gasteiger partial charge in [0.1, 0.15) is 0 Å². The van der Waals surface area contributed by atoms with E-state index >= 15 is 0 Å². The number of carbonyl (C=O) groups excluding carboxylic acids is 3. The van der Waals surface area contributed by atoms with Crippen molar-refractivity contribution in [1.29, 1.82) is 0 Å². The van der Waals surface area contributed by atoms with E-state index in [0.717, 1.165) is 0 Å². The zero-order valence-electron chi connectivity index (χ0n) is 11.5. The number of carbonyl (C=O) groups is 3. The Bertz CT molecular complexity index is 316. The summed E-state index contributed by atoms with van der Waals surface area (Å²) in [5.41, 5.74) is 0. The fourth-order valence-corrected chi connectivity index (χ4v) is 1.27. The van der Waals surface area contributed by atoms with Gasteiger partial charge in [-0.25, -0.2) is 4.79 Å². The highest BCUT2D eigenvalue weighted by Gasteiger charge is 2.28. The highest BCUT2D eigenvalue weighted by atomic mass is 16.6. The lowest BCUT2D eigenvalue weighted by atomic mass is 10.1. The molecule has 0 N–H and O–H groups in total. The van der Waals surface area contributed by atoms with Crippen LogP contribution in [0.1, 0.15) is 27.2 Å². The van der Waals surface area contributed by atoms with E-state index in [0.29, 0.717) is 0 Å². The summed E-state index contributed by atoms with van der Waals surface area (Å²) in [7, 11) is 0. The summed E-state index contributed by atoms with van der Waals surface area (Å²) in [5, 5.41) is 0. The normalized spacial score (nSPS) is 10.5. The molecule has 0 aromatic rings. The molecule has 19 heavy (non-hydrogen) atoms. The Balaban J connectivity index is 4.54. The van der Waals surface area contributed by atoms with Crippen LogP contribution in [0.2, 0.25) is 0 Å². The smallest absolute Gasteiger partial charge is 0.330 e. The molecule has 0 aromatic carbocycles. The predicted octanol–water partition coefficient (Wildman–Crippen LogP) is 1.24. The first-order valence-corrected chi connectivity index (χ1v) is 6.23. The van der Waals surface area contributed by atoms with Crippen LogP contribution in [0.3, 0.4) is 0 Å². The van der Waals surface area contributed by atoms with Crippen molar-refractivity contribution in [3.63, 3.8) is 0 Å². The highest BCUT2D eigenvalue weighted by molar-refractivity contribution is 5.95. The minimum atomic E-state index is -1.05. The highest BCUT2D eigenvalue weighted by Crippen LogP contribution is 2.10. The molecule has 6 nitrogen and oxygen atoms in total. The third kappa shape index (κ3) is 7.23. The maximum Gasteiger partial charge on any atom is 0.330 e. The lowest BCUT2D eigenvalue weighted by Gasteiger charge is -2.12. The molecule has 0 rings (SSSR count). The summed E-state index contributed by atoms with van der Waals surface area (Å²) < 4.78 is 14.3. The largest absolute Gasteiger partial charge is 0.465 e. The van der Waals surface area contributed by atoms with Gasteiger partial charge in [-0.05, 0) is 27.2 Å². The molecular formula is C13H20O6. The van der Waals surface area contributed by atoms with E-state index in [1.54, 1.807) is 20.8 Å². The first-order valence-electron chi connectivity index (χ1n) is 6.23. The molecular weight excluding hydrogens is 252 g/mol. The van der Waals surface area contributed by atoms with Crippen molar-refractivity contribution in [2.75, 3.05) is 19.8 Å². The van der Waals surface area contributed by atoms with Crippen LogP contribution in [-0.4, -0.2) is 37.7 Å². The molecule has 0 fully saturated rings. The third-order valence-electron chi connectivity index (χ3n) is 2.05. The number of rotatable bonds is 8. The number of hydrogen-bond acceptors (Lipinski definition) is 6. The lowest BCUT2D eigenvalue weighted by molar-refractivity contribution is -0.161. The van der Waals surface area contributed by atoms with Crippen LogP contribution < -0.4 is 0 Å². The fraction of sp³-hybridized carbons (Fsp3) is 0.615. The SMILES string of the molecule is CCOC(=O)/C=C/CC(C(=O)OCC)C(=O)OCC.